The van der Waals surface area contributed by atoms with E-state index in [4.69, 9.17) is 5.11 Å². The summed E-state index contributed by atoms with van der Waals surface area (Å²) in [5.41, 5.74) is -2.01. The summed E-state index contributed by atoms with van der Waals surface area (Å²) in [6.07, 6.45) is -3.81. The lowest BCUT2D eigenvalue weighted by atomic mass is 10.1. The lowest BCUT2D eigenvalue weighted by Gasteiger charge is -2.11. The molecule has 1 heterocycles. The summed E-state index contributed by atoms with van der Waals surface area (Å²) in [5, 5.41) is 11.1. The van der Waals surface area contributed by atoms with E-state index in [2.05, 4.69) is 10.0 Å². The fourth-order valence-electron chi connectivity index (χ4n) is 2.29. The van der Waals surface area contributed by atoms with Crippen molar-refractivity contribution in [2.24, 2.45) is 7.05 Å². The quantitative estimate of drug-likeness (QED) is 0.620. The van der Waals surface area contributed by atoms with Gasteiger partial charge in [-0.3, -0.25) is 4.79 Å². The minimum absolute atomic E-state index is 0.157. The van der Waals surface area contributed by atoms with Gasteiger partial charge in [-0.15, -0.1) is 0 Å². The summed E-state index contributed by atoms with van der Waals surface area (Å²) in [6.45, 7) is 0.992. The number of hydrogen-bond donors (Lipinski definition) is 3. The Morgan fingerprint density at radius 2 is 1.93 bits per heavy atom. The van der Waals surface area contributed by atoms with Crippen LogP contribution in [0.4, 0.5) is 23.2 Å². The van der Waals surface area contributed by atoms with Crippen molar-refractivity contribution in [1.29, 1.82) is 0 Å². The molecule has 0 fully saturated rings. The second kappa shape index (κ2) is 7.89. The maximum Gasteiger partial charge on any atom is 0.419 e. The Morgan fingerprint density at radius 1 is 1.29 bits per heavy atom. The maximum absolute atomic E-state index is 13.3. The van der Waals surface area contributed by atoms with E-state index >= 15 is 0 Å². The highest BCUT2D eigenvalue weighted by molar-refractivity contribution is 7.89. The monoisotopic (exact) mass is 423 g/mol. The van der Waals surface area contributed by atoms with Crippen LogP contribution in [0, 0.1) is 5.82 Å². The molecule has 7 nitrogen and oxygen atoms in total. The van der Waals surface area contributed by atoms with Crippen LogP contribution in [0.1, 0.15) is 23.0 Å². The van der Waals surface area contributed by atoms with Gasteiger partial charge in [-0.1, -0.05) is 0 Å². The average Bonchev–Trinajstić information content (AvgIpc) is 2.98. The molecule has 3 N–H and O–H groups in total. The van der Waals surface area contributed by atoms with E-state index in [1.165, 1.54) is 18.5 Å². The molecule has 0 aliphatic heterocycles. The first kappa shape index (κ1) is 21.9. The van der Waals surface area contributed by atoms with Crippen LogP contribution in [0.2, 0.25) is 0 Å². The van der Waals surface area contributed by atoms with Gasteiger partial charge in [-0.25, -0.2) is 17.5 Å². The van der Waals surface area contributed by atoms with Crippen LogP contribution >= 0.6 is 0 Å². The average molecular weight is 423 g/mol. The molecule has 0 aliphatic carbocycles. The SMILES string of the molecule is CC(CO)NS(=O)(=O)c1cc(C(=O)Nc2ccc(F)c(C(F)(F)F)c2)n(C)c1. The topological polar surface area (TPSA) is 100 Å². The molecular weight excluding hydrogens is 406 g/mol. The molecule has 1 unspecified atom stereocenters. The number of hydrogen-bond acceptors (Lipinski definition) is 4. The van der Waals surface area contributed by atoms with E-state index in [-0.39, 0.29) is 16.3 Å². The molecule has 0 saturated carbocycles. The van der Waals surface area contributed by atoms with Gasteiger partial charge in [-0.2, -0.15) is 13.2 Å². The lowest BCUT2D eigenvalue weighted by molar-refractivity contribution is -0.139. The highest BCUT2D eigenvalue weighted by Crippen LogP contribution is 2.33. The number of rotatable bonds is 6. The van der Waals surface area contributed by atoms with Gasteiger partial charge in [0.25, 0.3) is 5.91 Å². The Kier molecular flexibility index (Phi) is 6.16. The molecule has 2 rings (SSSR count). The first-order valence-corrected chi connectivity index (χ1v) is 9.31. The van der Waals surface area contributed by atoms with Crippen molar-refractivity contribution in [2.45, 2.75) is 24.0 Å². The number of aryl methyl sites for hydroxylation is 1. The summed E-state index contributed by atoms with van der Waals surface area (Å²) in [6, 6.07) is 2.23. The lowest BCUT2D eigenvalue weighted by Crippen LogP contribution is -2.34. The van der Waals surface area contributed by atoms with E-state index in [1.807, 2.05) is 0 Å². The number of sulfonamides is 1. The Morgan fingerprint density at radius 3 is 2.50 bits per heavy atom. The number of halogens is 4. The van der Waals surface area contributed by atoms with Crippen molar-refractivity contribution in [1.82, 2.24) is 9.29 Å². The maximum atomic E-state index is 13.3. The standard InChI is InChI=1S/C16H17F4N3O4S/c1-9(8-24)22-28(26,27)11-6-14(23(2)7-11)15(25)21-10-3-4-13(17)12(5-10)16(18,19)20/h3-7,9,22,24H,8H2,1-2H3,(H,21,25). The summed E-state index contributed by atoms with van der Waals surface area (Å²) in [4.78, 5) is 12.1. The zero-order chi connectivity index (χ0) is 21.3. The van der Waals surface area contributed by atoms with Gasteiger partial charge in [0.15, 0.2) is 0 Å². The third kappa shape index (κ3) is 4.88. The van der Waals surface area contributed by atoms with Crippen molar-refractivity contribution < 1.29 is 35.9 Å². The van der Waals surface area contributed by atoms with Crippen molar-refractivity contribution in [2.75, 3.05) is 11.9 Å². The second-order valence-electron chi connectivity index (χ2n) is 6.02. The third-order valence-corrected chi connectivity index (χ3v) is 5.24. The van der Waals surface area contributed by atoms with E-state index in [0.29, 0.717) is 12.1 Å². The molecule has 0 radical (unpaired) electrons. The van der Waals surface area contributed by atoms with Crippen molar-refractivity contribution in [3.05, 3.63) is 47.5 Å². The summed E-state index contributed by atoms with van der Waals surface area (Å²) in [7, 11) is -2.65. The van der Waals surface area contributed by atoms with Gasteiger partial charge in [-0.05, 0) is 31.2 Å². The second-order valence-corrected chi connectivity index (χ2v) is 7.74. The molecule has 0 bridgehead atoms. The Bertz CT molecular complexity index is 986. The molecule has 1 aromatic carbocycles. The van der Waals surface area contributed by atoms with Crippen molar-refractivity contribution >= 4 is 21.6 Å². The van der Waals surface area contributed by atoms with Gasteiger partial charge < -0.3 is 15.0 Å². The largest absolute Gasteiger partial charge is 0.419 e. The van der Waals surface area contributed by atoms with Crippen LogP contribution in [-0.2, 0) is 23.2 Å². The minimum Gasteiger partial charge on any atom is -0.395 e. The Labute approximate surface area is 158 Å². The van der Waals surface area contributed by atoms with E-state index < -0.39 is 46.1 Å². The van der Waals surface area contributed by atoms with Gasteiger partial charge in [0, 0.05) is 25.0 Å². The normalized spacial score (nSPS) is 13.4. The molecular formula is C16H17F4N3O4S. The molecule has 0 spiro atoms. The summed E-state index contributed by atoms with van der Waals surface area (Å²) in [5.74, 6) is -2.37. The molecule has 2 aromatic rings. The number of anilines is 1. The van der Waals surface area contributed by atoms with Gasteiger partial charge in [0.1, 0.15) is 16.4 Å². The Balaban J connectivity index is 2.28. The number of amides is 1. The van der Waals surface area contributed by atoms with Crippen LogP contribution in [0.15, 0.2) is 35.4 Å². The molecule has 1 atom stereocenters. The zero-order valence-electron chi connectivity index (χ0n) is 14.7. The summed E-state index contributed by atoms with van der Waals surface area (Å²) < 4.78 is 79.4. The predicted octanol–water partition coefficient (Wildman–Crippen LogP) is 2.09. The van der Waals surface area contributed by atoms with Crippen LogP contribution in [-0.4, -0.2) is 36.6 Å². The van der Waals surface area contributed by atoms with Crippen LogP contribution in [0.25, 0.3) is 0 Å². The number of nitrogens with zero attached hydrogens (tertiary/aromatic N) is 1. The number of benzene rings is 1. The fourth-order valence-corrected chi connectivity index (χ4v) is 3.60. The molecule has 12 heteroatoms. The first-order valence-electron chi connectivity index (χ1n) is 7.83. The number of aliphatic hydroxyl groups excluding tert-OH is 1. The molecule has 1 amide bonds. The first-order chi connectivity index (χ1) is 12.8. The Hall–Kier alpha value is -2.44. The molecule has 154 valence electrons. The number of carbonyl (C=O) groups excluding carboxylic acids is 1. The van der Waals surface area contributed by atoms with Gasteiger partial charge in [0.05, 0.1) is 12.2 Å². The molecule has 0 aliphatic rings. The smallest absolute Gasteiger partial charge is 0.395 e. The third-order valence-electron chi connectivity index (χ3n) is 3.68. The van der Waals surface area contributed by atoms with Gasteiger partial charge >= 0.3 is 6.18 Å². The molecule has 1 aromatic heterocycles. The van der Waals surface area contributed by atoms with Crippen LogP contribution in [0.3, 0.4) is 0 Å². The minimum atomic E-state index is -4.94. The van der Waals surface area contributed by atoms with E-state index in [1.54, 1.807) is 0 Å². The van der Waals surface area contributed by atoms with E-state index in [9.17, 15) is 30.8 Å². The van der Waals surface area contributed by atoms with Gasteiger partial charge in [0.2, 0.25) is 10.0 Å². The van der Waals surface area contributed by atoms with Crippen LogP contribution in [0.5, 0.6) is 0 Å². The number of aliphatic hydroxyl groups is 1. The highest BCUT2D eigenvalue weighted by atomic mass is 32.2. The molecule has 0 saturated heterocycles. The number of aromatic nitrogens is 1. The fraction of sp³-hybridized carbons (Fsp3) is 0.312. The van der Waals surface area contributed by atoms with Crippen molar-refractivity contribution in [3.63, 3.8) is 0 Å². The summed E-state index contributed by atoms with van der Waals surface area (Å²) >= 11 is 0. The predicted molar refractivity (Wildman–Crippen MR) is 91.6 cm³/mol. The van der Waals surface area contributed by atoms with E-state index in [0.717, 1.165) is 18.3 Å². The highest BCUT2D eigenvalue weighted by Gasteiger charge is 2.34. The van der Waals surface area contributed by atoms with Crippen LogP contribution < -0.4 is 10.0 Å². The molecule has 28 heavy (non-hydrogen) atoms. The number of nitrogens with one attached hydrogen (secondary N) is 2. The number of carbonyl (C=O) groups is 1. The number of alkyl halides is 3. The van der Waals surface area contributed by atoms with Crippen molar-refractivity contribution in [3.8, 4) is 0 Å². The zero-order valence-corrected chi connectivity index (χ0v) is 15.5.